The Hall–Kier alpha value is -2.87. The first-order valence-corrected chi connectivity index (χ1v) is 8.14. The lowest BCUT2D eigenvalue weighted by atomic mass is 10.1. The summed E-state index contributed by atoms with van der Waals surface area (Å²) in [6.07, 6.45) is 0. The molecule has 25 heavy (non-hydrogen) atoms. The summed E-state index contributed by atoms with van der Waals surface area (Å²) in [5.41, 5.74) is 7.31. The minimum atomic E-state index is -0.664. The molecule has 1 aromatic heterocycles. The van der Waals surface area contributed by atoms with E-state index < -0.39 is 5.91 Å². The van der Waals surface area contributed by atoms with Crippen LogP contribution in [-0.2, 0) is 6.61 Å². The van der Waals surface area contributed by atoms with E-state index in [-0.39, 0.29) is 5.69 Å². The molecule has 0 spiro atoms. The Morgan fingerprint density at radius 1 is 1.24 bits per heavy atom. The molecule has 0 aliphatic carbocycles. The van der Waals surface area contributed by atoms with E-state index in [1.807, 2.05) is 30.3 Å². The first-order valence-electron chi connectivity index (χ1n) is 7.34. The number of halogens is 1. The number of methoxy groups -OCH3 is 1. The molecular weight excluding hydrogens is 388 g/mol. The van der Waals surface area contributed by atoms with Crippen molar-refractivity contribution in [1.82, 2.24) is 15.4 Å². The van der Waals surface area contributed by atoms with Crippen molar-refractivity contribution in [3.8, 4) is 22.8 Å². The summed E-state index contributed by atoms with van der Waals surface area (Å²) in [5, 5.41) is 10.3. The Labute approximate surface area is 152 Å². The second-order valence-electron chi connectivity index (χ2n) is 5.17. The van der Waals surface area contributed by atoms with E-state index in [0.717, 1.165) is 15.8 Å². The van der Waals surface area contributed by atoms with E-state index in [1.165, 1.54) is 0 Å². The first-order chi connectivity index (χ1) is 12.1. The SMILES string of the molecule is COc1cccc(COc2ccc(Br)cc2-c2n[nH]nc2C(N)=O)c1. The summed E-state index contributed by atoms with van der Waals surface area (Å²) in [4.78, 5) is 11.5. The third kappa shape index (κ3) is 3.80. The molecule has 8 heteroatoms. The van der Waals surface area contributed by atoms with Crippen molar-refractivity contribution in [2.75, 3.05) is 7.11 Å². The molecule has 0 atom stereocenters. The predicted octanol–water partition coefficient (Wildman–Crippen LogP) is 2.92. The summed E-state index contributed by atoms with van der Waals surface area (Å²) >= 11 is 3.41. The predicted molar refractivity (Wildman–Crippen MR) is 95.4 cm³/mol. The standard InChI is InChI=1S/C17H15BrN4O3/c1-24-12-4-2-3-10(7-12)9-25-14-6-5-11(18)8-13(14)15-16(17(19)23)21-22-20-15/h2-8H,9H2,1H3,(H2,19,23)(H,20,21,22). The maximum Gasteiger partial charge on any atom is 0.271 e. The number of aromatic nitrogens is 3. The van der Waals surface area contributed by atoms with E-state index in [4.69, 9.17) is 15.2 Å². The number of benzene rings is 2. The number of nitrogens with zero attached hydrogens (tertiary/aromatic N) is 2. The fourth-order valence-corrected chi connectivity index (χ4v) is 2.69. The van der Waals surface area contributed by atoms with Crippen LogP contribution in [0.1, 0.15) is 16.1 Å². The zero-order valence-corrected chi connectivity index (χ0v) is 14.9. The Bertz CT molecular complexity index is 910. The molecular formula is C17H15BrN4O3. The topological polar surface area (TPSA) is 103 Å². The van der Waals surface area contributed by atoms with E-state index in [9.17, 15) is 4.79 Å². The average molecular weight is 403 g/mol. The minimum Gasteiger partial charge on any atom is -0.497 e. The summed E-state index contributed by atoms with van der Waals surface area (Å²) in [7, 11) is 1.61. The van der Waals surface area contributed by atoms with Gasteiger partial charge in [-0.05, 0) is 35.9 Å². The van der Waals surface area contributed by atoms with Gasteiger partial charge in [-0.3, -0.25) is 4.79 Å². The van der Waals surface area contributed by atoms with Gasteiger partial charge in [0.05, 0.1) is 7.11 Å². The highest BCUT2D eigenvalue weighted by molar-refractivity contribution is 9.10. The van der Waals surface area contributed by atoms with Crippen LogP contribution in [-0.4, -0.2) is 28.4 Å². The molecule has 0 radical (unpaired) electrons. The maximum atomic E-state index is 11.5. The number of nitrogens with two attached hydrogens (primary N) is 1. The lowest BCUT2D eigenvalue weighted by Crippen LogP contribution is -2.13. The normalized spacial score (nSPS) is 10.5. The number of carbonyl (C=O) groups excluding carboxylic acids is 1. The fraction of sp³-hybridized carbons (Fsp3) is 0.118. The quantitative estimate of drug-likeness (QED) is 0.659. The molecule has 7 nitrogen and oxygen atoms in total. The average Bonchev–Trinajstić information content (AvgIpc) is 3.10. The van der Waals surface area contributed by atoms with Crippen molar-refractivity contribution < 1.29 is 14.3 Å². The molecule has 0 aliphatic rings. The third-order valence-electron chi connectivity index (χ3n) is 3.51. The molecule has 0 bridgehead atoms. The van der Waals surface area contributed by atoms with Gasteiger partial charge in [-0.15, -0.1) is 0 Å². The fourth-order valence-electron chi connectivity index (χ4n) is 2.33. The number of hydrogen-bond acceptors (Lipinski definition) is 5. The number of primary amides is 1. The van der Waals surface area contributed by atoms with E-state index >= 15 is 0 Å². The molecule has 1 amide bonds. The molecule has 0 saturated carbocycles. The molecule has 3 aromatic rings. The van der Waals surface area contributed by atoms with E-state index in [2.05, 4.69) is 31.3 Å². The third-order valence-corrected chi connectivity index (χ3v) is 4.00. The van der Waals surface area contributed by atoms with Gasteiger partial charge in [0.15, 0.2) is 5.69 Å². The smallest absolute Gasteiger partial charge is 0.271 e. The largest absolute Gasteiger partial charge is 0.497 e. The highest BCUT2D eigenvalue weighted by Gasteiger charge is 2.19. The van der Waals surface area contributed by atoms with Crippen molar-refractivity contribution in [3.05, 3.63) is 58.2 Å². The first kappa shape index (κ1) is 17.0. The minimum absolute atomic E-state index is 0.0596. The Morgan fingerprint density at radius 3 is 2.84 bits per heavy atom. The highest BCUT2D eigenvalue weighted by Crippen LogP contribution is 2.33. The summed E-state index contributed by atoms with van der Waals surface area (Å²) in [6, 6.07) is 13.0. The van der Waals surface area contributed by atoms with Crippen molar-refractivity contribution >= 4 is 21.8 Å². The van der Waals surface area contributed by atoms with Crippen LogP contribution in [0.3, 0.4) is 0 Å². The maximum absolute atomic E-state index is 11.5. The van der Waals surface area contributed by atoms with Gasteiger partial charge < -0.3 is 15.2 Å². The molecule has 1 heterocycles. The number of ether oxygens (including phenoxy) is 2. The van der Waals surface area contributed by atoms with Crippen molar-refractivity contribution in [2.24, 2.45) is 5.73 Å². The van der Waals surface area contributed by atoms with Gasteiger partial charge in [0.25, 0.3) is 5.91 Å². The molecule has 0 aliphatic heterocycles. The van der Waals surface area contributed by atoms with Crippen LogP contribution in [0.4, 0.5) is 0 Å². The Balaban J connectivity index is 1.91. The molecule has 3 rings (SSSR count). The number of amides is 1. The van der Waals surface area contributed by atoms with Crippen LogP contribution in [0, 0.1) is 0 Å². The monoisotopic (exact) mass is 402 g/mol. The van der Waals surface area contributed by atoms with Gasteiger partial charge in [-0.25, -0.2) is 0 Å². The molecule has 128 valence electrons. The number of hydrogen-bond donors (Lipinski definition) is 2. The van der Waals surface area contributed by atoms with Crippen LogP contribution in [0.15, 0.2) is 46.9 Å². The molecule has 3 N–H and O–H groups in total. The second-order valence-corrected chi connectivity index (χ2v) is 6.08. The zero-order valence-electron chi connectivity index (χ0n) is 13.3. The number of nitrogens with one attached hydrogen (secondary N) is 1. The van der Waals surface area contributed by atoms with E-state index in [0.29, 0.717) is 23.6 Å². The lowest BCUT2D eigenvalue weighted by Gasteiger charge is -2.12. The molecule has 2 aromatic carbocycles. The van der Waals surface area contributed by atoms with Crippen LogP contribution in [0.25, 0.3) is 11.3 Å². The Kier molecular flexibility index (Phi) is 4.99. The number of H-pyrrole nitrogens is 1. The molecule has 0 fully saturated rings. The number of rotatable bonds is 6. The van der Waals surface area contributed by atoms with Crippen LogP contribution >= 0.6 is 15.9 Å². The van der Waals surface area contributed by atoms with Crippen molar-refractivity contribution in [2.45, 2.75) is 6.61 Å². The van der Waals surface area contributed by atoms with Crippen LogP contribution in [0.5, 0.6) is 11.5 Å². The Morgan fingerprint density at radius 2 is 2.08 bits per heavy atom. The number of carbonyl (C=O) groups is 1. The van der Waals surface area contributed by atoms with Gasteiger partial charge in [0.2, 0.25) is 0 Å². The number of aromatic amines is 1. The van der Waals surface area contributed by atoms with Gasteiger partial charge in [-0.2, -0.15) is 15.4 Å². The van der Waals surface area contributed by atoms with Gasteiger partial charge in [0, 0.05) is 10.0 Å². The van der Waals surface area contributed by atoms with Gasteiger partial charge in [-0.1, -0.05) is 28.1 Å². The van der Waals surface area contributed by atoms with Crippen molar-refractivity contribution in [1.29, 1.82) is 0 Å². The van der Waals surface area contributed by atoms with Crippen molar-refractivity contribution in [3.63, 3.8) is 0 Å². The van der Waals surface area contributed by atoms with Gasteiger partial charge >= 0.3 is 0 Å². The van der Waals surface area contributed by atoms with E-state index in [1.54, 1.807) is 19.2 Å². The molecule has 0 saturated heterocycles. The highest BCUT2D eigenvalue weighted by atomic mass is 79.9. The summed E-state index contributed by atoms with van der Waals surface area (Å²) < 4.78 is 12.0. The zero-order chi connectivity index (χ0) is 17.8. The summed E-state index contributed by atoms with van der Waals surface area (Å²) in [5.74, 6) is 0.648. The molecule has 0 unspecified atom stereocenters. The van der Waals surface area contributed by atoms with Crippen LogP contribution < -0.4 is 15.2 Å². The van der Waals surface area contributed by atoms with Gasteiger partial charge in [0.1, 0.15) is 23.8 Å². The summed E-state index contributed by atoms with van der Waals surface area (Å²) in [6.45, 7) is 0.329. The lowest BCUT2D eigenvalue weighted by molar-refractivity contribution is 0.0996. The second kappa shape index (κ2) is 7.35. The van der Waals surface area contributed by atoms with Crippen LogP contribution in [0.2, 0.25) is 0 Å².